The van der Waals surface area contributed by atoms with Crippen LogP contribution in [0.3, 0.4) is 0 Å². The molecule has 0 radical (unpaired) electrons. The van der Waals surface area contributed by atoms with E-state index in [1.165, 1.54) is 6.08 Å². The maximum Gasteiger partial charge on any atom is 0.248 e. The van der Waals surface area contributed by atoms with Crippen molar-refractivity contribution >= 4 is 40.9 Å². The Bertz CT molecular complexity index is 854. The molecule has 1 saturated heterocycles. The van der Waals surface area contributed by atoms with Gasteiger partial charge in [-0.05, 0) is 36.4 Å². The van der Waals surface area contributed by atoms with Crippen LogP contribution in [0.25, 0.3) is 6.08 Å². The first-order valence-corrected chi connectivity index (χ1v) is 9.67. The standard InChI is InChI=1S/C21H24ClN3O3/c1-15(2)21(27)25-11-9-24(10-12-25)19-7-5-16(14-18(19)22)23-20(26)8-6-17-4-3-13-28-17/h3-8,13-15H,9-12H2,1-2H3,(H,23,26). The van der Waals surface area contributed by atoms with Gasteiger partial charge in [0.15, 0.2) is 0 Å². The van der Waals surface area contributed by atoms with E-state index in [1.54, 1.807) is 30.5 Å². The third kappa shape index (κ3) is 4.95. The molecule has 2 amide bonds. The number of piperazine rings is 1. The van der Waals surface area contributed by atoms with Crippen LogP contribution in [-0.2, 0) is 9.59 Å². The molecule has 28 heavy (non-hydrogen) atoms. The molecular weight excluding hydrogens is 378 g/mol. The number of hydrogen-bond donors (Lipinski definition) is 1. The quantitative estimate of drug-likeness (QED) is 0.772. The van der Waals surface area contributed by atoms with E-state index >= 15 is 0 Å². The zero-order valence-electron chi connectivity index (χ0n) is 16.0. The zero-order valence-corrected chi connectivity index (χ0v) is 16.8. The SMILES string of the molecule is CC(C)C(=O)N1CCN(c2ccc(NC(=O)C=Cc3ccco3)cc2Cl)CC1. The van der Waals surface area contributed by atoms with Crippen LogP contribution in [0.5, 0.6) is 0 Å². The lowest BCUT2D eigenvalue weighted by Gasteiger charge is -2.37. The third-order valence-electron chi connectivity index (χ3n) is 4.58. The highest BCUT2D eigenvalue weighted by Crippen LogP contribution is 2.30. The van der Waals surface area contributed by atoms with E-state index in [1.807, 2.05) is 30.9 Å². The van der Waals surface area contributed by atoms with Crippen LogP contribution in [0.15, 0.2) is 47.1 Å². The predicted octanol–water partition coefficient (Wildman–Crippen LogP) is 3.89. The molecule has 0 atom stereocenters. The number of anilines is 2. The van der Waals surface area contributed by atoms with Crippen LogP contribution in [-0.4, -0.2) is 42.9 Å². The molecule has 2 heterocycles. The molecule has 1 aromatic carbocycles. The van der Waals surface area contributed by atoms with Gasteiger partial charge in [-0.1, -0.05) is 25.4 Å². The number of nitrogens with one attached hydrogen (secondary N) is 1. The molecule has 1 aliphatic heterocycles. The maximum absolute atomic E-state index is 12.1. The second kappa shape index (κ2) is 8.97. The van der Waals surface area contributed by atoms with E-state index in [-0.39, 0.29) is 17.7 Å². The molecule has 1 aromatic heterocycles. The molecule has 7 heteroatoms. The third-order valence-corrected chi connectivity index (χ3v) is 4.89. The molecule has 0 saturated carbocycles. The molecule has 6 nitrogen and oxygen atoms in total. The summed E-state index contributed by atoms with van der Waals surface area (Å²) < 4.78 is 5.15. The van der Waals surface area contributed by atoms with Gasteiger partial charge in [0.2, 0.25) is 11.8 Å². The second-order valence-corrected chi connectivity index (χ2v) is 7.38. The van der Waals surface area contributed by atoms with Crippen molar-refractivity contribution in [3.05, 3.63) is 53.5 Å². The lowest BCUT2D eigenvalue weighted by atomic mass is 10.1. The number of rotatable bonds is 5. The van der Waals surface area contributed by atoms with Gasteiger partial charge in [-0.15, -0.1) is 0 Å². The topological polar surface area (TPSA) is 65.8 Å². The van der Waals surface area contributed by atoms with E-state index in [9.17, 15) is 9.59 Å². The summed E-state index contributed by atoms with van der Waals surface area (Å²) >= 11 is 6.45. The minimum Gasteiger partial charge on any atom is -0.465 e. The number of nitrogens with zero attached hydrogens (tertiary/aromatic N) is 2. The molecule has 2 aromatic rings. The van der Waals surface area contributed by atoms with Crippen molar-refractivity contribution < 1.29 is 14.0 Å². The first-order valence-electron chi connectivity index (χ1n) is 9.30. The molecule has 0 bridgehead atoms. The maximum atomic E-state index is 12.1. The summed E-state index contributed by atoms with van der Waals surface area (Å²) in [5, 5.41) is 3.35. The van der Waals surface area contributed by atoms with Gasteiger partial charge in [-0.3, -0.25) is 9.59 Å². The minimum atomic E-state index is -0.263. The van der Waals surface area contributed by atoms with Gasteiger partial charge in [-0.25, -0.2) is 0 Å². The fraction of sp³-hybridized carbons (Fsp3) is 0.333. The van der Waals surface area contributed by atoms with Gasteiger partial charge >= 0.3 is 0 Å². The van der Waals surface area contributed by atoms with Gasteiger partial charge in [0, 0.05) is 43.9 Å². The van der Waals surface area contributed by atoms with Gasteiger partial charge in [0.1, 0.15) is 5.76 Å². The molecule has 1 aliphatic rings. The fourth-order valence-electron chi connectivity index (χ4n) is 3.10. The Morgan fingerprint density at radius 3 is 2.54 bits per heavy atom. The number of amides is 2. The molecule has 0 aliphatic carbocycles. The van der Waals surface area contributed by atoms with Gasteiger partial charge in [-0.2, -0.15) is 0 Å². The van der Waals surface area contributed by atoms with Crippen LogP contribution in [0.1, 0.15) is 19.6 Å². The Morgan fingerprint density at radius 1 is 1.18 bits per heavy atom. The van der Waals surface area contributed by atoms with Crippen LogP contribution in [0.2, 0.25) is 5.02 Å². The number of hydrogen-bond acceptors (Lipinski definition) is 4. The molecular formula is C21H24ClN3O3. The number of furan rings is 1. The van der Waals surface area contributed by atoms with Crippen LogP contribution in [0, 0.1) is 5.92 Å². The van der Waals surface area contributed by atoms with Crippen molar-refractivity contribution in [2.45, 2.75) is 13.8 Å². The summed E-state index contributed by atoms with van der Waals surface area (Å²) in [5.41, 5.74) is 1.53. The Kier molecular flexibility index (Phi) is 6.41. The number of benzene rings is 1. The summed E-state index contributed by atoms with van der Waals surface area (Å²) in [6, 6.07) is 8.99. The predicted molar refractivity (Wildman–Crippen MR) is 111 cm³/mol. The van der Waals surface area contributed by atoms with E-state index < -0.39 is 0 Å². The summed E-state index contributed by atoms with van der Waals surface area (Å²) in [6.45, 7) is 6.67. The van der Waals surface area contributed by atoms with Crippen LogP contribution in [0.4, 0.5) is 11.4 Å². The fourth-order valence-corrected chi connectivity index (χ4v) is 3.40. The van der Waals surface area contributed by atoms with Crippen molar-refractivity contribution in [1.82, 2.24) is 4.90 Å². The summed E-state index contributed by atoms with van der Waals surface area (Å²) in [7, 11) is 0. The van der Waals surface area contributed by atoms with Crippen molar-refractivity contribution in [2.75, 3.05) is 36.4 Å². The van der Waals surface area contributed by atoms with E-state index in [0.29, 0.717) is 29.6 Å². The van der Waals surface area contributed by atoms with Gasteiger partial charge < -0.3 is 19.5 Å². The normalized spacial score (nSPS) is 14.7. The first kappa shape index (κ1) is 20.0. The monoisotopic (exact) mass is 401 g/mol. The number of carbonyl (C=O) groups is 2. The first-order chi connectivity index (χ1) is 13.4. The lowest BCUT2D eigenvalue weighted by Crippen LogP contribution is -2.50. The van der Waals surface area contributed by atoms with Crippen LogP contribution >= 0.6 is 11.6 Å². The highest BCUT2D eigenvalue weighted by atomic mass is 35.5. The van der Waals surface area contributed by atoms with Gasteiger partial charge in [0.25, 0.3) is 0 Å². The van der Waals surface area contributed by atoms with Gasteiger partial charge in [0.05, 0.1) is 17.0 Å². The Morgan fingerprint density at radius 2 is 1.93 bits per heavy atom. The van der Waals surface area contributed by atoms with Crippen LogP contribution < -0.4 is 10.2 Å². The van der Waals surface area contributed by atoms with E-state index in [0.717, 1.165) is 18.8 Å². The number of halogens is 1. The average molecular weight is 402 g/mol. The molecule has 3 rings (SSSR count). The molecule has 148 valence electrons. The van der Waals surface area contributed by atoms with E-state index in [2.05, 4.69) is 10.2 Å². The number of carbonyl (C=O) groups excluding carboxylic acids is 2. The Labute approximate surface area is 169 Å². The largest absolute Gasteiger partial charge is 0.465 e. The average Bonchev–Trinajstić information content (AvgIpc) is 3.20. The highest BCUT2D eigenvalue weighted by Gasteiger charge is 2.23. The Hall–Kier alpha value is -2.73. The molecule has 0 unspecified atom stereocenters. The van der Waals surface area contributed by atoms with Crippen molar-refractivity contribution in [3.8, 4) is 0 Å². The minimum absolute atomic E-state index is 0.0138. The highest BCUT2D eigenvalue weighted by molar-refractivity contribution is 6.33. The van der Waals surface area contributed by atoms with Crippen molar-refractivity contribution in [3.63, 3.8) is 0 Å². The smallest absolute Gasteiger partial charge is 0.248 e. The molecule has 0 spiro atoms. The lowest BCUT2D eigenvalue weighted by molar-refractivity contribution is -0.134. The van der Waals surface area contributed by atoms with E-state index in [4.69, 9.17) is 16.0 Å². The second-order valence-electron chi connectivity index (χ2n) is 6.97. The molecule has 1 fully saturated rings. The summed E-state index contributed by atoms with van der Waals surface area (Å²) in [4.78, 5) is 28.2. The molecule has 1 N–H and O–H groups in total. The summed E-state index contributed by atoms with van der Waals surface area (Å²) in [5.74, 6) is 0.547. The van der Waals surface area contributed by atoms with Crippen molar-refractivity contribution in [2.24, 2.45) is 5.92 Å². The van der Waals surface area contributed by atoms with Crippen molar-refractivity contribution in [1.29, 1.82) is 0 Å². The summed E-state index contributed by atoms with van der Waals surface area (Å²) in [6.07, 6.45) is 4.56. The Balaban J connectivity index is 1.58. The zero-order chi connectivity index (χ0) is 20.1.